The van der Waals surface area contributed by atoms with Gasteiger partial charge in [0.05, 0.1) is 32.5 Å². The van der Waals surface area contributed by atoms with E-state index in [0.717, 1.165) is 29.5 Å². The van der Waals surface area contributed by atoms with Gasteiger partial charge in [-0.05, 0) is 54.5 Å². The van der Waals surface area contributed by atoms with Gasteiger partial charge in [-0.25, -0.2) is 0 Å². The zero-order chi connectivity index (χ0) is 32.1. The average molecular weight is 629 g/mol. The highest BCUT2D eigenvalue weighted by Crippen LogP contribution is 2.51. The largest absolute Gasteiger partial charge is 0.368 e. The molecule has 3 aliphatic rings. The number of benzene rings is 4. The molecule has 7 rings (SSSR count). The number of aryl methyl sites for hydroxylation is 1. The Labute approximate surface area is 278 Å². The lowest BCUT2D eigenvalue weighted by Crippen LogP contribution is -2.67. The average Bonchev–Trinajstić information content (AvgIpc) is 3.46. The predicted molar refractivity (Wildman–Crippen MR) is 183 cm³/mol. The second-order valence-corrected chi connectivity index (χ2v) is 13.1. The molecule has 47 heavy (non-hydrogen) atoms. The van der Waals surface area contributed by atoms with Crippen LogP contribution in [-0.4, -0.2) is 36.8 Å². The summed E-state index contributed by atoms with van der Waals surface area (Å²) in [5.41, 5.74) is 8.45. The molecule has 1 aliphatic carbocycles. The number of rotatable bonds is 11. The quantitative estimate of drug-likeness (QED) is 0.167. The van der Waals surface area contributed by atoms with E-state index in [0.29, 0.717) is 26.4 Å². The summed E-state index contributed by atoms with van der Waals surface area (Å²) in [5.74, 6) is -1.03. The molecule has 0 N–H and O–H groups in total. The molecule has 1 spiro atoms. The minimum absolute atomic E-state index is 0.00549. The fraction of sp³-hybridized carbons (Fsp3) is 0.333. The Morgan fingerprint density at radius 2 is 1.19 bits per heavy atom. The molecule has 2 fully saturated rings. The molecule has 0 bridgehead atoms. The van der Waals surface area contributed by atoms with Gasteiger partial charge in [0, 0.05) is 5.92 Å². The topological polar surface area (TPSA) is 46.2 Å². The van der Waals surface area contributed by atoms with Crippen LogP contribution >= 0.6 is 0 Å². The monoisotopic (exact) mass is 628 g/mol. The summed E-state index contributed by atoms with van der Waals surface area (Å²) in [4.78, 5) is 0. The Hall–Kier alpha value is -3.84. The van der Waals surface area contributed by atoms with Gasteiger partial charge in [-0.15, -0.1) is 0 Å². The van der Waals surface area contributed by atoms with Gasteiger partial charge in [0.15, 0.2) is 0 Å². The Kier molecular flexibility index (Phi) is 9.80. The smallest absolute Gasteiger partial charge is 0.205 e. The molecule has 2 aliphatic heterocycles. The SMILES string of the molecule is Cc1ccc(CC2=CC=C3CO[C@]4(O[C@H](C)[C@@H](OCc5ccccc5)[C@H](OCc5ccccc5)[C@H]4OCc4ccccc4)C3C2)cc1. The molecule has 0 saturated carbocycles. The van der Waals surface area contributed by atoms with Crippen LogP contribution in [0.3, 0.4) is 0 Å². The third-order valence-electron chi connectivity index (χ3n) is 9.64. The molecule has 242 valence electrons. The van der Waals surface area contributed by atoms with Gasteiger partial charge in [0.1, 0.15) is 18.3 Å². The Morgan fingerprint density at radius 1 is 0.638 bits per heavy atom. The summed E-state index contributed by atoms with van der Waals surface area (Å²) < 4.78 is 34.5. The molecule has 2 saturated heterocycles. The molecule has 6 atom stereocenters. The minimum atomic E-state index is -1.03. The summed E-state index contributed by atoms with van der Waals surface area (Å²) in [6, 6.07) is 39.7. The fourth-order valence-electron chi connectivity index (χ4n) is 7.15. The second kappa shape index (κ2) is 14.5. The number of ether oxygens (including phenoxy) is 5. The molecule has 0 radical (unpaired) electrons. The van der Waals surface area contributed by atoms with Crippen LogP contribution in [0.1, 0.15) is 41.2 Å². The van der Waals surface area contributed by atoms with Gasteiger partial charge in [-0.1, -0.05) is 139 Å². The second-order valence-electron chi connectivity index (χ2n) is 13.1. The van der Waals surface area contributed by atoms with Gasteiger partial charge in [0.2, 0.25) is 5.79 Å². The number of allylic oxidation sites excluding steroid dienone is 3. The van der Waals surface area contributed by atoms with Crippen molar-refractivity contribution < 1.29 is 23.7 Å². The van der Waals surface area contributed by atoms with Crippen molar-refractivity contribution in [1.82, 2.24) is 0 Å². The first kappa shape index (κ1) is 31.7. The number of hydrogen-bond donors (Lipinski definition) is 0. The maximum atomic E-state index is 7.08. The van der Waals surface area contributed by atoms with Crippen molar-refractivity contribution in [3.05, 3.63) is 166 Å². The highest BCUT2D eigenvalue weighted by Gasteiger charge is 2.63. The van der Waals surface area contributed by atoms with Crippen molar-refractivity contribution in [1.29, 1.82) is 0 Å². The highest BCUT2D eigenvalue weighted by atomic mass is 16.7. The van der Waals surface area contributed by atoms with E-state index < -0.39 is 18.0 Å². The molecule has 1 unspecified atom stereocenters. The van der Waals surface area contributed by atoms with E-state index in [1.54, 1.807) is 0 Å². The fourth-order valence-corrected chi connectivity index (χ4v) is 7.15. The van der Waals surface area contributed by atoms with Crippen molar-refractivity contribution in [2.75, 3.05) is 6.61 Å². The van der Waals surface area contributed by atoms with E-state index in [-0.39, 0.29) is 18.1 Å². The third kappa shape index (κ3) is 7.20. The van der Waals surface area contributed by atoms with Gasteiger partial charge in [-0.3, -0.25) is 0 Å². The van der Waals surface area contributed by atoms with Crippen LogP contribution in [0.5, 0.6) is 0 Å². The number of hydrogen-bond acceptors (Lipinski definition) is 5. The van der Waals surface area contributed by atoms with E-state index in [1.807, 2.05) is 54.6 Å². The van der Waals surface area contributed by atoms with Crippen LogP contribution < -0.4 is 0 Å². The zero-order valence-electron chi connectivity index (χ0n) is 27.3. The Bertz CT molecular complexity index is 1650. The molecular weight excluding hydrogens is 584 g/mol. The molecular formula is C42H44O5. The van der Waals surface area contributed by atoms with Crippen molar-refractivity contribution in [2.45, 2.75) is 76.7 Å². The normalized spacial score (nSPS) is 26.9. The molecule has 5 heteroatoms. The van der Waals surface area contributed by atoms with Gasteiger partial charge in [-0.2, -0.15) is 0 Å². The summed E-state index contributed by atoms with van der Waals surface area (Å²) >= 11 is 0. The standard InChI is InChI=1S/C42H44O5/c1-30-18-20-32(21-19-30)24-36-22-23-37-29-46-42(38(37)25-36)41(45-28-35-16-10-5-11-17-35)40(44-27-34-14-8-4-9-15-34)39(31(2)47-42)43-26-33-12-6-3-7-13-33/h3-23,31,38-41H,24-29H2,1-2H3/t31-,38?,39-,40+,41-,42+/m1/s1. The van der Waals surface area contributed by atoms with E-state index in [1.165, 1.54) is 22.3 Å². The first-order valence-electron chi connectivity index (χ1n) is 16.8. The van der Waals surface area contributed by atoms with Crippen LogP contribution in [0.4, 0.5) is 0 Å². The van der Waals surface area contributed by atoms with Crippen molar-refractivity contribution in [2.24, 2.45) is 5.92 Å². The van der Waals surface area contributed by atoms with E-state index in [4.69, 9.17) is 23.7 Å². The third-order valence-corrected chi connectivity index (χ3v) is 9.64. The van der Waals surface area contributed by atoms with Crippen LogP contribution in [0, 0.1) is 12.8 Å². The van der Waals surface area contributed by atoms with Crippen molar-refractivity contribution in [3.8, 4) is 0 Å². The number of fused-ring (bicyclic) bond motifs is 2. The van der Waals surface area contributed by atoms with Crippen molar-refractivity contribution >= 4 is 0 Å². The first-order chi connectivity index (χ1) is 23.1. The summed E-state index contributed by atoms with van der Waals surface area (Å²) in [7, 11) is 0. The lowest BCUT2D eigenvalue weighted by atomic mass is 9.76. The minimum Gasteiger partial charge on any atom is -0.368 e. The maximum absolute atomic E-state index is 7.08. The molecule has 0 aromatic heterocycles. The van der Waals surface area contributed by atoms with Crippen LogP contribution in [-0.2, 0) is 49.9 Å². The van der Waals surface area contributed by atoms with Crippen LogP contribution in [0.15, 0.2) is 139 Å². The van der Waals surface area contributed by atoms with Gasteiger partial charge in [0.25, 0.3) is 0 Å². The predicted octanol–water partition coefficient (Wildman–Crippen LogP) is 8.31. The van der Waals surface area contributed by atoms with E-state index in [2.05, 4.69) is 86.7 Å². The summed E-state index contributed by atoms with van der Waals surface area (Å²) in [6.45, 7) is 5.99. The summed E-state index contributed by atoms with van der Waals surface area (Å²) in [6.07, 6.45) is 4.56. The summed E-state index contributed by atoms with van der Waals surface area (Å²) in [5, 5.41) is 0. The lowest BCUT2D eigenvalue weighted by Gasteiger charge is -2.52. The highest BCUT2D eigenvalue weighted by molar-refractivity contribution is 5.36. The zero-order valence-corrected chi connectivity index (χ0v) is 27.3. The molecule has 4 aromatic rings. The van der Waals surface area contributed by atoms with Gasteiger partial charge < -0.3 is 23.7 Å². The molecule has 2 heterocycles. The Balaban J connectivity index is 1.22. The van der Waals surface area contributed by atoms with Crippen LogP contribution in [0.25, 0.3) is 0 Å². The Morgan fingerprint density at radius 3 is 1.79 bits per heavy atom. The maximum Gasteiger partial charge on any atom is 0.205 e. The van der Waals surface area contributed by atoms with Crippen molar-refractivity contribution in [3.63, 3.8) is 0 Å². The first-order valence-corrected chi connectivity index (χ1v) is 16.8. The van der Waals surface area contributed by atoms with E-state index in [9.17, 15) is 0 Å². The van der Waals surface area contributed by atoms with Gasteiger partial charge >= 0.3 is 0 Å². The lowest BCUT2D eigenvalue weighted by molar-refractivity contribution is -0.375. The van der Waals surface area contributed by atoms with Crippen LogP contribution in [0.2, 0.25) is 0 Å². The molecule has 0 amide bonds. The molecule has 5 nitrogen and oxygen atoms in total. The van der Waals surface area contributed by atoms with E-state index >= 15 is 0 Å². The molecule has 4 aromatic carbocycles.